The van der Waals surface area contributed by atoms with Gasteiger partial charge in [-0.25, -0.2) is 9.36 Å². The van der Waals surface area contributed by atoms with Crippen molar-refractivity contribution in [2.24, 2.45) is 0 Å². The van der Waals surface area contributed by atoms with Gasteiger partial charge in [-0.05, 0) is 38.1 Å². The van der Waals surface area contributed by atoms with Crippen molar-refractivity contribution in [3.63, 3.8) is 0 Å². The summed E-state index contributed by atoms with van der Waals surface area (Å²) < 4.78 is 2.87. The molecule has 0 saturated heterocycles. The highest BCUT2D eigenvalue weighted by atomic mass is 16.2. The molecule has 2 N–H and O–H groups in total. The zero-order chi connectivity index (χ0) is 21.3. The van der Waals surface area contributed by atoms with Crippen LogP contribution in [0.15, 0.2) is 64.2 Å². The van der Waals surface area contributed by atoms with Crippen molar-refractivity contribution in [2.45, 2.75) is 26.9 Å². The van der Waals surface area contributed by atoms with Crippen LogP contribution in [0.25, 0.3) is 16.5 Å². The van der Waals surface area contributed by atoms with E-state index >= 15 is 0 Å². The predicted molar refractivity (Wildman–Crippen MR) is 114 cm³/mol. The maximum atomic E-state index is 12.6. The standard InChI is InChI=1S/C22H21N5O3/c1-14-19(15(2)27(24-14)16-8-4-3-5-9-16)12-23-20(28)13-26-22(30)18-11-7-6-10-17(18)21(29)25-26/h3-11H,12-13H2,1-2H3,(H,23,28)(H,25,29). The van der Waals surface area contributed by atoms with Crippen molar-refractivity contribution in [1.82, 2.24) is 24.9 Å². The number of H-pyrrole nitrogens is 1. The van der Waals surface area contributed by atoms with Crippen molar-refractivity contribution in [1.29, 1.82) is 0 Å². The van der Waals surface area contributed by atoms with Gasteiger partial charge in [-0.3, -0.25) is 19.5 Å². The average Bonchev–Trinajstić information content (AvgIpc) is 3.04. The van der Waals surface area contributed by atoms with Crippen LogP contribution in [-0.4, -0.2) is 25.5 Å². The van der Waals surface area contributed by atoms with Crippen molar-refractivity contribution in [2.75, 3.05) is 0 Å². The minimum absolute atomic E-state index is 0.274. The second kappa shape index (κ2) is 7.82. The summed E-state index contributed by atoms with van der Waals surface area (Å²) in [6, 6.07) is 16.3. The van der Waals surface area contributed by atoms with E-state index in [2.05, 4.69) is 15.5 Å². The lowest BCUT2D eigenvalue weighted by atomic mass is 10.2. The molecule has 8 heteroatoms. The van der Waals surface area contributed by atoms with Gasteiger partial charge in [0, 0.05) is 17.8 Å². The minimum atomic E-state index is -0.412. The van der Waals surface area contributed by atoms with Gasteiger partial charge in [0.2, 0.25) is 5.91 Å². The lowest BCUT2D eigenvalue weighted by Crippen LogP contribution is -2.36. The summed E-state index contributed by atoms with van der Waals surface area (Å²) in [5.74, 6) is -0.380. The molecule has 0 atom stereocenters. The number of nitrogens with zero attached hydrogens (tertiary/aromatic N) is 3. The number of benzene rings is 2. The lowest BCUT2D eigenvalue weighted by Gasteiger charge is -2.09. The highest BCUT2D eigenvalue weighted by Crippen LogP contribution is 2.17. The number of carbonyl (C=O) groups is 1. The third-order valence-corrected chi connectivity index (χ3v) is 5.09. The number of hydrogen-bond acceptors (Lipinski definition) is 4. The van der Waals surface area contributed by atoms with Gasteiger partial charge in [-0.2, -0.15) is 5.10 Å². The summed E-state index contributed by atoms with van der Waals surface area (Å²) in [6.07, 6.45) is 0. The van der Waals surface area contributed by atoms with E-state index in [1.807, 2.05) is 48.9 Å². The van der Waals surface area contributed by atoms with E-state index in [-0.39, 0.29) is 24.4 Å². The van der Waals surface area contributed by atoms with Crippen LogP contribution in [0.1, 0.15) is 17.0 Å². The van der Waals surface area contributed by atoms with Crippen LogP contribution in [-0.2, 0) is 17.9 Å². The molecule has 0 radical (unpaired) electrons. The Morgan fingerprint density at radius 1 is 1.00 bits per heavy atom. The Hall–Kier alpha value is -3.94. The molecular weight excluding hydrogens is 382 g/mol. The Balaban J connectivity index is 1.52. The van der Waals surface area contributed by atoms with E-state index in [4.69, 9.17) is 0 Å². The number of nitrogens with one attached hydrogen (secondary N) is 2. The molecule has 0 aliphatic heterocycles. The maximum absolute atomic E-state index is 12.6. The summed E-state index contributed by atoms with van der Waals surface area (Å²) in [6.45, 7) is 3.83. The maximum Gasteiger partial charge on any atom is 0.273 e. The van der Waals surface area contributed by atoms with Crippen LogP contribution < -0.4 is 16.4 Å². The molecule has 0 aliphatic carbocycles. The molecule has 0 aliphatic rings. The smallest absolute Gasteiger partial charge is 0.273 e. The molecule has 8 nitrogen and oxygen atoms in total. The van der Waals surface area contributed by atoms with Gasteiger partial charge < -0.3 is 5.32 Å². The Kier molecular flexibility index (Phi) is 5.05. The van der Waals surface area contributed by atoms with Crippen molar-refractivity contribution in [3.05, 3.63) is 92.3 Å². The Bertz CT molecular complexity index is 1350. The molecule has 2 aromatic carbocycles. The normalized spacial score (nSPS) is 11.0. The van der Waals surface area contributed by atoms with Gasteiger partial charge in [0.1, 0.15) is 6.54 Å². The number of fused-ring (bicyclic) bond motifs is 1. The Morgan fingerprint density at radius 2 is 1.67 bits per heavy atom. The van der Waals surface area contributed by atoms with Gasteiger partial charge >= 0.3 is 0 Å². The number of aromatic nitrogens is 4. The summed E-state index contributed by atoms with van der Waals surface area (Å²) >= 11 is 0. The van der Waals surface area contributed by atoms with E-state index in [1.165, 1.54) is 0 Å². The van der Waals surface area contributed by atoms with Crippen LogP contribution in [0.4, 0.5) is 0 Å². The van der Waals surface area contributed by atoms with E-state index in [0.717, 1.165) is 27.3 Å². The topological polar surface area (TPSA) is 102 Å². The van der Waals surface area contributed by atoms with E-state index in [0.29, 0.717) is 5.39 Å². The fourth-order valence-corrected chi connectivity index (χ4v) is 3.50. The van der Waals surface area contributed by atoms with Gasteiger partial charge in [0.05, 0.1) is 22.2 Å². The summed E-state index contributed by atoms with van der Waals surface area (Å²) in [4.78, 5) is 37.2. The first-order valence-corrected chi connectivity index (χ1v) is 9.55. The molecule has 0 unspecified atom stereocenters. The van der Waals surface area contributed by atoms with Crippen molar-refractivity contribution in [3.8, 4) is 5.69 Å². The third-order valence-electron chi connectivity index (χ3n) is 5.09. The van der Waals surface area contributed by atoms with Gasteiger partial charge in [-0.1, -0.05) is 30.3 Å². The lowest BCUT2D eigenvalue weighted by molar-refractivity contribution is -0.122. The number of amides is 1. The number of rotatable bonds is 5. The SMILES string of the molecule is Cc1nn(-c2ccccc2)c(C)c1CNC(=O)Cn1[nH]c(=O)c2ccccc2c1=O. The van der Waals surface area contributed by atoms with Crippen LogP contribution >= 0.6 is 0 Å². The summed E-state index contributed by atoms with van der Waals surface area (Å²) in [5, 5.41) is 10.4. The van der Waals surface area contributed by atoms with Crippen LogP contribution in [0.3, 0.4) is 0 Å². The van der Waals surface area contributed by atoms with Gasteiger partial charge in [0.15, 0.2) is 0 Å². The molecular formula is C22H21N5O3. The Labute approximate surface area is 171 Å². The van der Waals surface area contributed by atoms with E-state index in [1.54, 1.807) is 24.3 Å². The fourth-order valence-electron chi connectivity index (χ4n) is 3.50. The predicted octanol–water partition coefficient (Wildman–Crippen LogP) is 1.81. The minimum Gasteiger partial charge on any atom is -0.350 e. The van der Waals surface area contributed by atoms with Crippen LogP contribution in [0.2, 0.25) is 0 Å². The molecule has 30 heavy (non-hydrogen) atoms. The molecule has 0 saturated carbocycles. The second-order valence-electron chi connectivity index (χ2n) is 7.05. The average molecular weight is 403 g/mol. The van der Waals surface area contributed by atoms with Gasteiger partial charge in [0.25, 0.3) is 11.1 Å². The highest BCUT2D eigenvalue weighted by molar-refractivity contribution is 5.81. The molecule has 4 rings (SSSR count). The number of hydrogen-bond donors (Lipinski definition) is 2. The summed E-state index contributed by atoms with van der Waals surface area (Å²) in [7, 11) is 0. The second-order valence-corrected chi connectivity index (χ2v) is 7.05. The van der Waals surface area contributed by atoms with E-state index < -0.39 is 11.1 Å². The van der Waals surface area contributed by atoms with Crippen molar-refractivity contribution >= 4 is 16.7 Å². The molecule has 0 fully saturated rings. The number of aromatic amines is 1. The first kappa shape index (κ1) is 19.4. The van der Waals surface area contributed by atoms with Crippen molar-refractivity contribution < 1.29 is 4.79 Å². The largest absolute Gasteiger partial charge is 0.350 e. The zero-order valence-corrected chi connectivity index (χ0v) is 16.7. The van der Waals surface area contributed by atoms with Gasteiger partial charge in [-0.15, -0.1) is 0 Å². The highest BCUT2D eigenvalue weighted by Gasteiger charge is 2.15. The quantitative estimate of drug-likeness (QED) is 0.531. The first-order chi connectivity index (χ1) is 14.5. The molecule has 0 bridgehead atoms. The first-order valence-electron chi connectivity index (χ1n) is 9.55. The number of para-hydroxylation sites is 1. The Morgan fingerprint density at radius 3 is 2.40 bits per heavy atom. The zero-order valence-electron chi connectivity index (χ0n) is 16.7. The van der Waals surface area contributed by atoms with Crippen LogP contribution in [0.5, 0.6) is 0 Å². The third kappa shape index (κ3) is 3.55. The molecule has 1 amide bonds. The number of aryl methyl sites for hydroxylation is 1. The number of carbonyl (C=O) groups excluding carboxylic acids is 1. The summed E-state index contributed by atoms with van der Waals surface area (Å²) in [5.41, 5.74) is 2.77. The molecule has 2 aromatic heterocycles. The van der Waals surface area contributed by atoms with Crippen LogP contribution in [0, 0.1) is 13.8 Å². The molecule has 4 aromatic rings. The monoisotopic (exact) mass is 403 g/mol. The van der Waals surface area contributed by atoms with E-state index in [9.17, 15) is 14.4 Å². The fraction of sp³-hybridized carbons (Fsp3) is 0.182. The molecule has 2 heterocycles. The molecule has 0 spiro atoms. The molecule has 152 valence electrons.